The molecule has 2 N–H and O–H groups in total. The van der Waals surface area contributed by atoms with E-state index in [1.165, 1.54) is 18.2 Å². The first-order valence-electron chi connectivity index (χ1n) is 5.33. The molecule has 0 fully saturated rings. The number of carbonyl (C=O) groups excluding carboxylic acids is 2. The van der Waals surface area contributed by atoms with Crippen LogP contribution in [0.5, 0.6) is 0 Å². The van der Waals surface area contributed by atoms with Crippen molar-refractivity contribution in [2.75, 3.05) is 0 Å². The van der Waals surface area contributed by atoms with Crippen LogP contribution in [0.2, 0.25) is 5.02 Å². The van der Waals surface area contributed by atoms with Crippen LogP contribution in [-0.4, -0.2) is 16.9 Å². The summed E-state index contributed by atoms with van der Waals surface area (Å²) in [4.78, 5) is 32.2. The zero-order chi connectivity index (χ0) is 14.9. The molecular weight excluding hydrogens is 290 g/mol. The highest BCUT2D eigenvalue weighted by Gasteiger charge is 2.23. The Morgan fingerprint density at radius 3 is 2.70 bits per heavy atom. The third-order valence-electron chi connectivity index (χ3n) is 2.61. The molecule has 1 atom stereocenters. The van der Waals surface area contributed by atoms with Gasteiger partial charge in [0.2, 0.25) is 0 Å². The lowest BCUT2D eigenvalue weighted by Gasteiger charge is -2.24. The van der Waals surface area contributed by atoms with E-state index in [0.717, 1.165) is 6.08 Å². The maximum Gasteiger partial charge on any atom is 0.320 e. The van der Waals surface area contributed by atoms with Crippen LogP contribution in [0.3, 0.4) is 0 Å². The van der Waals surface area contributed by atoms with Gasteiger partial charge < -0.3 is 20.5 Å². The molecule has 1 aromatic carbocycles. The molecule has 0 aromatic heterocycles. The molecule has 1 aliphatic heterocycles. The average molecular weight is 297 g/mol. The number of aliphatic carboxylic acids is 1. The van der Waals surface area contributed by atoms with Gasteiger partial charge in [-0.3, -0.25) is 10.1 Å². The Balaban J connectivity index is 2.47. The van der Waals surface area contributed by atoms with Crippen molar-refractivity contribution in [1.29, 1.82) is 0 Å². The second kappa shape index (κ2) is 5.17. The molecule has 0 bridgehead atoms. The molecule has 0 saturated heterocycles. The molecule has 8 nitrogen and oxygen atoms in total. The SMILES string of the molecule is O=C1NC(C(=O)[O-])=C[C@H](c2cc([N+](=O)[O-])ccc2Cl)N1. The van der Waals surface area contributed by atoms with Crippen molar-refractivity contribution >= 4 is 29.3 Å². The summed E-state index contributed by atoms with van der Waals surface area (Å²) in [5.41, 5.74) is -0.434. The Kier molecular flexibility index (Phi) is 3.57. The molecule has 1 aromatic rings. The number of carboxylic acids is 1. The number of urea groups is 1. The summed E-state index contributed by atoms with van der Waals surface area (Å²) in [7, 11) is 0. The predicted molar refractivity (Wildman–Crippen MR) is 65.6 cm³/mol. The number of carbonyl (C=O) groups is 2. The number of carboxylic acid groups (broad SMARTS) is 1. The number of halogens is 1. The number of nitro benzene ring substituents is 1. The van der Waals surface area contributed by atoms with E-state index in [0.29, 0.717) is 0 Å². The summed E-state index contributed by atoms with van der Waals surface area (Å²) in [5, 5.41) is 26.1. The molecule has 2 rings (SSSR count). The van der Waals surface area contributed by atoms with Crippen molar-refractivity contribution in [2.24, 2.45) is 0 Å². The van der Waals surface area contributed by atoms with Crippen molar-refractivity contribution in [3.63, 3.8) is 0 Å². The Hall–Kier alpha value is -2.61. The maximum atomic E-state index is 11.4. The van der Waals surface area contributed by atoms with E-state index in [4.69, 9.17) is 11.6 Å². The van der Waals surface area contributed by atoms with Crippen LogP contribution in [0.1, 0.15) is 11.6 Å². The number of benzene rings is 1. The molecule has 104 valence electrons. The monoisotopic (exact) mass is 296 g/mol. The van der Waals surface area contributed by atoms with Crippen molar-refractivity contribution < 1.29 is 19.6 Å². The first-order chi connectivity index (χ1) is 9.38. The summed E-state index contributed by atoms with van der Waals surface area (Å²) in [6.07, 6.45) is 1.15. The normalized spacial score (nSPS) is 17.8. The first-order valence-corrected chi connectivity index (χ1v) is 5.71. The highest BCUT2D eigenvalue weighted by Crippen LogP contribution is 2.29. The van der Waals surface area contributed by atoms with Gasteiger partial charge in [-0.25, -0.2) is 4.79 Å². The Morgan fingerprint density at radius 1 is 1.40 bits per heavy atom. The number of hydrogen-bond acceptors (Lipinski definition) is 5. The highest BCUT2D eigenvalue weighted by molar-refractivity contribution is 6.31. The minimum Gasteiger partial charge on any atom is -0.543 e. The van der Waals surface area contributed by atoms with Crippen LogP contribution in [-0.2, 0) is 4.79 Å². The molecule has 0 aliphatic carbocycles. The second-order valence-electron chi connectivity index (χ2n) is 3.91. The van der Waals surface area contributed by atoms with Gasteiger partial charge in [0, 0.05) is 22.7 Å². The molecular formula is C11H7ClN3O5-. The van der Waals surface area contributed by atoms with Crippen LogP contribution in [0, 0.1) is 10.1 Å². The zero-order valence-corrected chi connectivity index (χ0v) is 10.5. The lowest BCUT2D eigenvalue weighted by molar-refractivity contribution is -0.384. The predicted octanol–water partition coefficient (Wildman–Crippen LogP) is 0.236. The summed E-state index contributed by atoms with van der Waals surface area (Å²) in [6, 6.07) is 2.01. The van der Waals surface area contributed by atoms with E-state index < -0.39 is 28.7 Å². The number of nitrogens with one attached hydrogen (secondary N) is 2. The summed E-state index contributed by atoms with van der Waals surface area (Å²) >= 11 is 5.92. The summed E-state index contributed by atoms with van der Waals surface area (Å²) < 4.78 is 0. The van der Waals surface area contributed by atoms with E-state index in [1.807, 2.05) is 5.32 Å². The molecule has 0 saturated carbocycles. The van der Waals surface area contributed by atoms with Gasteiger partial charge in [0.25, 0.3) is 5.69 Å². The highest BCUT2D eigenvalue weighted by atomic mass is 35.5. The van der Waals surface area contributed by atoms with Crippen LogP contribution >= 0.6 is 11.6 Å². The number of hydrogen-bond donors (Lipinski definition) is 2. The Labute approximate surface area is 117 Å². The van der Waals surface area contributed by atoms with Crippen LogP contribution in [0.15, 0.2) is 30.0 Å². The van der Waals surface area contributed by atoms with Gasteiger partial charge in [-0.05, 0) is 12.1 Å². The third-order valence-corrected chi connectivity index (χ3v) is 2.96. The molecule has 1 heterocycles. The standard InChI is InChI=1S/C11H8ClN3O5/c12-7-2-1-5(15(19)20)3-6(7)8-4-9(10(16)17)14-11(18)13-8/h1-4,8H,(H,16,17)(H2,13,14,18)/p-1/t8-/m1/s1. The number of non-ortho nitro benzene ring substituents is 1. The van der Waals surface area contributed by atoms with E-state index in [-0.39, 0.29) is 16.3 Å². The zero-order valence-electron chi connectivity index (χ0n) is 9.75. The number of nitrogens with zero attached hydrogens (tertiary/aromatic N) is 1. The molecule has 0 unspecified atom stereocenters. The quantitative estimate of drug-likeness (QED) is 0.610. The molecule has 0 radical (unpaired) electrons. The van der Waals surface area contributed by atoms with Crippen LogP contribution in [0.25, 0.3) is 0 Å². The Morgan fingerprint density at radius 2 is 2.10 bits per heavy atom. The smallest absolute Gasteiger partial charge is 0.320 e. The Bertz CT molecular complexity index is 643. The van der Waals surface area contributed by atoms with Gasteiger partial charge in [-0.15, -0.1) is 0 Å². The molecule has 2 amide bonds. The van der Waals surface area contributed by atoms with Gasteiger partial charge in [0.1, 0.15) is 0 Å². The maximum absolute atomic E-state index is 11.4. The van der Waals surface area contributed by atoms with Crippen molar-refractivity contribution in [3.05, 3.63) is 50.7 Å². The summed E-state index contributed by atoms with van der Waals surface area (Å²) in [6.45, 7) is 0. The van der Waals surface area contributed by atoms with Gasteiger partial charge >= 0.3 is 6.03 Å². The minimum absolute atomic E-state index is 0.164. The van der Waals surface area contributed by atoms with E-state index in [9.17, 15) is 24.8 Å². The number of rotatable bonds is 3. The number of nitro groups is 1. The fourth-order valence-electron chi connectivity index (χ4n) is 1.72. The average Bonchev–Trinajstić information content (AvgIpc) is 2.38. The topological polar surface area (TPSA) is 124 Å². The second-order valence-corrected chi connectivity index (χ2v) is 4.31. The molecule has 0 spiro atoms. The lowest BCUT2D eigenvalue weighted by Crippen LogP contribution is -2.46. The van der Waals surface area contributed by atoms with Gasteiger partial charge in [-0.2, -0.15) is 0 Å². The lowest BCUT2D eigenvalue weighted by atomic mass is 10.0. The first kappa shape index (κ1) is 13.8. The molecule has 20 heavy (non-hydrogen) atoms. The van der Waals surface area contributed by atoms with Crippen molar-refractivity contribution in [3.8, 4) is 0 Å². The van der Waals surface area contributed by atoms with Crippen molar-refractivity contribution in [1.82, 2.24) is 10.6 Å². The molecule has 1 aliphatic rings. The third kappa shape index (κ3) is 2.69. The number of amides is 2. The molecule has 9 heteroatoms. The fourth-order valence-corrected chi connectivity index (χ4v) is 1.95. The van der Waals surface area contributed by atoms with E-state index in [2.05, 4.69) is 5.32 Å². The van der Waals surface area contributed by atoms with Crippen LogP contribution in [0.4, 0.5) is 10.5 Å². The van der Waals surface area contributed by atoms with Gasteiger partial charge in [0.05, 0.1) is 22.6 Å². The van der Waals surface area contributed by atoms with Gasteiger partial charge in [0.15, 0.2) is 0 Å². The minimum atomic E-state index is -1.56. The van der Waals surface area contributed by atoms with Crippen molar-refractivity contribution in [2.45, 2.75) is 6.04 Å². The fraction of sp³-hybridized carbons (Fsp3) is 0.0909. The summed E-state index contributed by atoms with van der Waals surface area (Å²) in [5.74, 6) is -1.56. The van der Waals surface area contributed by atoms with Crippen LogP contribution < -0.4 is 15.7 Å². The largest absolute Gasteiger partial charge is 0.543 e. The van der Waals surface area contributed by atoms with Gasteiger partial charge in [-0.1, -0.05) is 11.6 Å². The van der Waals surface area contributed by atoms with E-state index in [1.54, 1.807) is 0 Å². The van der Waals surface area contributed by atoms with E-state index >= 15 is 0 Å².